The number of pyridine rings is 1. The molecule has 0 unspecified atom stereocenters. The maximum atomic E-state index is 8.83. The largest absolute Gasteiger partial charge is 0.495 e. The van der Waals surface area contributed by atoms with Gasteiger partial charge in [-0.25, -0.2) is 4.98 Å². The molecule has 128 valence electrons. The predicted molar refractivity (Wildman–Crippen MR) is 95.4 cm³/mol. The number of aromatic nitrogens is 1. The molecule has 25 heavy (non-hydrogen) atoms. The summed E-state index contributed by atoms with van der Waals surface area (Å²) in [7, 11) is -0.440. The first-order valence-corrected chi connectivity index (χ1v) is 8.24. The molecule has 5 nitrogen and oxygen atoms in total. The van der Waals surface area contributed by atoms with Crippen LogP contribution in [-0.2, 0) is 15.9 Å². The van der Waals surface area contributed by atoms with Crippen molar-refractivity contribution in [2.45, 2.75) is 45.5 Å². The number of nitriles is 1. The Hall–Kier alpha value is -2.36. The number of ether oxygens (including phenoxy) is 1. The Balaban J connectivity index is 1.69. The average molecular weight is 336 g/mol. The van der Waals surface area contributed by atoms with Crippen molar-refractivity contribution in [3.8, 4) is 11.9 Å². The minimum absolute atomic E-state index is 0.380. The third kappa shape index (κ3) is 3.68. The summed E-state index contributed by atoms with van der Waals surface area (Å²) in [5.41, 5.74) is 1.71. The normalized spacial score (nSPS) is 18.0. The van der Waals surface area contributed by atoms with E-state index >= 15 is 0 Å². The highest BCUT2D eigenvalue weighted by Gasteiger charge is 2.51. The molecule has 1 saturated heterocycles. The first-order valence-electron chi connectivity index (χ1n) is 8.24. The molecule has 0 saturated carbocycles. The fourth-order valence-corrected chi connectivity index (χ4v) is 2.46. The molecule has 0 radical (unpaired) electrons. The molecule has 0 bridgehead atoms. The number of hydrogen-bond acceptors (Lipinski definition) is 5. The Morgan fingerprint density at radius 1 is 1.08 bits per heavy atom. The van der Waals surface area contributed by atoms with Crippen LogP contribution >= 0.6 is 0 Å². The molecule has 2 aromatic rings. The van der Waals surface area contributed by atoms with Crippen molar-refractivity contribution < 1.29 is 14.0 Å². The summed E-state index contributed by atoms with van der Waals surface area (Å²) in [5, 5.41) is 8.83. The van der Waals surface area contributed by atoms with Crippen molar-refractivity contribution in [3.63, 3.8) is 0 Å². The molecular weight excluding hydrogens is 315 g/mol. The molecule has 1 aliphatic heterocycles. The lowest BCUT2D eigenvalue weighted by atomic mass is 9.80. The minimum Gasteiger partial charge on any atom is -0.473 e. The standard InChI is InChI=1S/C19H21BN2O3/c1-18(2)19(3,4)25-20(24-18)16-9-10-22-17(11-16)23-13-15-7-5-14(12-21)6-8-15/h5-11H,13H2,1-4H3. The molecule has 6 heteroatoms. The first kappa shape index (κ1) is 17.5. The van der Waals surface area contributed by atoms with Gasteiger partial charge in [0.1, 0.15) is 6.61 Å². The average Bonchev–Trinajstić information content (AvgIpc) is 2.81. The zero-order chi connectivity index (χ0) is 18.1. The van der Waals surface area contributed by atoms with Crippen LogP contribution in [0.4, 0.5) is 0 Å². The van der Waals surface area contributed by atoms with Crippen LogP contribution in [-0.4, -0.2) is 23.3 Å². The second-order valence-corrected chi connectivity index (χ2v) is 7.11. The van der Waals surface area contributed by atoms with Crippen molar-refractivity contribution in [1.82, 2.24) is 4.98 Å². The fraction of sp³-hybridized carbons (Fsp3) is 0.368. The lowest BCUT2D eigenvalue weighted by Crippen LogP contribution is -2.41. The van der Waals surface area contributed by atoms with Crippen molar-refractivity contribution in [3.05, 3.63) is 53.7 Å². The van der Waals surface area contributed by atoms with Gasteiger partial charge in [-0.3, -0.25) is 0 Å². The van der Waals surface area contributed by atoms with Crippen molar-refractivity contribution in [1.29, 1.82) is 5.26 Å². The molecule has 3 rings (SSSR count). The van der Waals surface area contributed by atoms with E-state index in [1.165, 1.54) is 0 Å². The van der Waals surface area contributed by atoms with E-state index < -0.39 is 7.12 Å². The summed E-state index contributed by atoms with van der Waals surface area (Å²) in [6.07, 6.45) is 1.69. The van der Waals surface area contributed by atoms with E-state index in [2.05, 4.69) is 11.1 Å². The third-order valence-corrected chi connectivity index (χ3v) is 4.75. The molecule has 1 fully saturated rings. The number of benzene rings is 1. The lowest BCUT2D eigenvalue weighted by molar-refractivity contribution is 0.00578. The Morgan fingerprint density at radius 3 is 2.32 bits per heavy atom. The molecule has 0 atom stereocenters. The molecule has 0 N–H and O–H groups in total. The van der Waals surface area contributed by atoms with Crippen LogP contribution in [0.3, 0.4) is 0 Å². The molecule has 0 spiro atoms. The lowest BCUT2D eigenvalue weighted by Gasteiger charge is -2.32. The summed E-state index contributed by atoms with van der Waals surface area (Å²) >= 11 is 0. The van der Waals surface area contributed by atoms with E-state index in [4.69, 9.17) is 19.3 Å². The third-order valence-electron chi connectivity index (χ3n) is 4.75. The SMILES string of the molecule is CC1(C)OB(c2ccnc(OCc3ccc(C#N)cc3)c2)OC1(C)C. The van der Waals surface area contributed by atoms with E-state index in [0.29, 0.717) is 18.1 Å². The quantitative estimate of drug-likeness (QED) is 0.804. The highest BCUT2D eigenvalue weighted by Crippen LogP contribution is 2.36. The summed E-state index contributed by atoms with van der Waals surface area (Å²) < 4.78 is 17.9. The summed E-state index contributed by atoms with van der Waals surface area (Å²) in [6, 6.07) is 13.1. The van der Waals surface area contributed by atoms with E-state index in [0.717, 1.165) is 11.0 Å². The van der Waals surface area contributed by atoms with Crippen molar-refractivity contribution in [2.24, 2.45) is 0 Å². The van der Waals surface area contributed by atoms with Gasteiger partial charge in [0.25, 0.3) is 0 Å². The number of rotatable bonds is 4. The second kappa shape index (κ2) is 6.51. The van der Waals surface area contributed by atoms with E-state index in [1.54, 1.807) is 18.3 Å². The topological polar surface area (TPSA) is 64.4 Å². The van der Waals surface area contributed by atoms with Crippen LogP contribution in [0.1, 0.15) is 38.8 Å². The monoisotopic (exact) mass is 336 g/mol. The zero-order valence-electron chi connectivity index (χ0n) is 14.9. The Morgan fingerprint density at radius 2 is 1.72 bits per heavy atom. The van der Waals surface area contributed by atoms with Gasteiger partial charge in [-0.05, 0) is 56.9 Å². The Bertz CT molecular complexity index is 781. The molecule has 1 aromatic heterocycles. The maximum absolute atomic E-state index is 8.83. The van der Waals surface area contributed by atoms with Crippen LogP contribution in [0.5, 0.6) is 5.88 Å². The van der Waals surface area contributed by atoms with Gasteiger partial charge in [0.2, 0.25) is 5.88 Å². The maximum Gasteiger partial charge on any atom is 0.495 e. The number of hydrogen-bond donors (Lipinski definition) is 0. The van der Waals surface area contributed by atoms with E-state index in [9.17, 15) is 0 Å². The van der Waals surface area contributed by atoms with Gasteiger partial charge in [-0.15, -0.1) is 0 Å². The van der Waals surface area contributed by atoms with Crippen LogP contribution in [0.15, 0.2) is 42.6 Å². The Labute approximate surface area is 148 Å². The van der Waals surface area contributed by atoms with Crippen LogP contribution in [0, 0.1) is 11.3 Å². The van der Waals surface area contributed by atoms with Crippen molar-refractivity contribution >= 4 is 12.6 Å². The molecule has 1 aromatic carbocycles. The highest BCUT2D eigenvalue weighted by atomic mass is 16.7. The Kier molecular flexibility index (Phi) is 4.55. The molecule has 0 aliphatic carbocycles. The summed E-state index contributed by atoms with van der Waals surface area (Å²) in [6.45, 7) is 8.48. The van der Waals surface area contributed by atoms with Gasteiger partial charge in [0.15, 0.2) is 0 Å². The smallest absolute Gasteiger partial charge is 0.473 e. The van der Waals surface area contributed by atoms with Crippen LogP contribution in [0.25, 0.3) is 0 Å². The second-order valence-electron chi connectivity index (χ2n) is 7.11. The minimum atomic E-state index is -0.440. The molecule has 0 amide bonds. The molecular formula is C19H21BN2O3. The fourth-order valence-electron chi connectivity index (χ4n) is 2.46. The van der Waals surface area contributed by atoms with Gasteiger partial charge in [-0.2, -0.15) is 5.26 Å². The van der Waals surface area contributed by atoms with E-state index in [-0.39, 0.29) is 11.2 Å². The summed E-state index contributed by atoms with van der Waals surface area (Å²) in [5.74, 6) is 0.511. The number of nitrogens with zero attached hydrogens (tertiary/aromatic N) is 2. The van der Waals surface area contributed by atoms with Gasteiger partial charge >= 0.3 is 7.12 Å². The van der Waals surface area contributed by atoms with Gasteiger partial charge in [0.05, 0.1) is 22.8 Å². The van der Waals surface area contributed by atoms with Gasteiger partial charge in [0, 0.05) is 12.3 Å². The van der Waals surface area contributed by atoms with E-state index in [1.807, 2.05) is 52.0 Å². The molecule has 2 heterocycles. The predicted octanol–water partition coefficient (Wildman–Crippen LogP) is 2.83. The molecule has 1 aliphatic rings. The first-order chi connectivity index (χ1) is 11.8. The van der Waals surface area contributed by atoms with Crippen LogP contribution in [0.2, 0.25) is 0 Å². The zero-order valence-corrected chi connectivity index (χ0v) is 14.9. The van der Waals surface area contributed by atoms with Crippen molar-refractivity contribution in [2.75, 3.05) is 0 Å². The van der Waals surface area contributed by atoms with Gasteiger partial charge < -0.3 is 14.0 Å². The summed E-state index contributed by atoms with van der Waals surface area (Å²) in [4.78, 5) is 4.25. The van der Waals surface area contributed by atoms with Crippen LogP contribution < -0.4 is 10.2 Å². The highest BCUT2D eigenvalue weighted by molar-refractivity contribution is 6.62. The van der Waals surface area contributed by atoms with Gasteiger partial charge in [-0.1, -0.05) is 12.1 Å².